The lowest BCUT2D eigenvalue weighted by Crippen LogP contribution is -2.42. The summed E-state index contributed by atoms with van der Waals surface area (Å²) in [7, 11) is 0. The molecule has 2 rings (SSSR count). The zero-order chi connectivity index (χ0) is 14.5. The average molecular weight is 267 g/mol. The molecule has 0 atom stereocenters. The minimum atomic E-state index is 0.576. The second kappa shape index (κ2) is 6.71. The number of allylic oxidation sites excluding steroid dienone is 4. The van der Waals surface area contributed by atoms with E-state index in [4.69, 9.17) is 0 Å². The van der Waals surface area contributed by atoms with Crippen LogP contribution in [0.5, 0.6) is 0 Å². The maximum Gasteiger partial charge on any atom is 0.00855 e. The molecule has 1 aliphatic rings. The van der Waals surface area contributed by atoms with Crippen LogP contribution in [-0.4, -0.2) is 13.1 Å². The molecule has 1 nitrogen and oxygen atoms in total. The Bertz CT molecular complexity index is 513. The van der Waals surface area contributed by atoms with Crippen LogP contribution in [0.2, 0.25) is 0 Å². The summed E-state index contributed by atoms with van der Waals surface area (Å²) in [4.78, 5) is 0. The van der Waals surface area contributed by atoms with Gasteiger partial charge in [-0.1, -0.05) is 62.9 Å². The van der Waals surface area contributed by atoms with E-state index < -0.39 is 0 Å². The predicted octanol–water partition coefficient (Wildman–Crippen LogP) is 4.55. The third kappa shape index (κ3) is 3.29. The van der Waals surface area contributed by atoms with Crippen molar-refractivity contribution in [1.29, 1.82) is 0 Å². The van der Waals surface area contributed by atoms with Gasteiger partial charge >= 0.3 is 0 Å². The van der Waals surface area contributed by atoms with Gasteiger partial charge in [0, 0.05) is 19.0 Å². The van der Waals surface area contributed by atoms with Gasteiger partial charge in [-0.15, -0.1) is 0 Å². The Kier molecular flexibility index (Phi) is 4.97. The molecule has 0 aliphatic carbocycles. The van der Waals surface area contributed by atoms with E-state index in [1.165, 1.54) is 22.3 Å². The summed E-state index contributed by atoms with van der Waals surface area (Å²) in [6, 6.07) is 8.85. The quantitative estimate of drug-likeness (QED) is 0.772. The van der Waals surface area contributed by atoms with E-state index in [0.29, 0.717) is 11.8 Å². The Morgan fingerprint density at radius 2 is 1.90 bits per heavy atom. The molecule has 1 heterocycles. The van der Waals surface area contributed by atoms with Gasteiger partial charge in [-0.05, 0) is 35.1 Å². The second-order valence-corrected chi connectivity index (χ2v) is 5.72. The fourth-order valence-electron chi connectivity index (χ4n) is 2.46. The SMILES string of the molecule is C=C/C(=C\C(=C/C)C1CNC1)c1ccc(C(C)C)cc1. The van der Waals surface area contributed by atoms with E-state index in [1.54, 1.807) is 0 Å². The first kappa shape index (κ1) is 14.8. The minimum absolute atomic E-state index is 0.576. The first-order chi connectivity index (χ1) is 9.65. The highest BCUT2D eigenvalue weighted by Gasteiger charge is 2.19. The summed E-state index contributed by atoms with van der Waals surface area (Å²) in [5, 5.41) is 3.33. The van der Waals surface area contributed by atoms with Crippen LogP contribution >= 0.6 is 0 Å². The Morgan fingerprint density at radius 3 is 2.30 bits per heavy atom. The van der Waals surface area contributed by atoms with Gasteiger partial charge in [0.25, 0.3) is 0 Å². The van der Waals surface area contributed by atoms with E-state index in [9.17, 15) is 0 Å². The second-order valence-electron chi connectivity index (χ2n) is 5.72. The monoisotopic (exact) mass is 267 g/mol. The fraction of sp³-hybridized carbons (Fsp3) is 0.368. The van der Waals surface area contributed by atoms with Crippen molar-refractivity contribution in [2.24, 2.45) is 5.92 Å². The first-order valence-corrected chi connectivity index (χ1v) is 7.47. The molecular weight excluding hydrogens is 242 g/mol. The zero-order valence-corrected chi connectivity index (χ0v) is 12.8. The fourth-order valence-corrected chi connectivity index (χ4v) is 2.46. The van der Waals surface area contributed by atoms with Crippen LogP contribution in [0.4, 0.5) is 0 Å². The molecule has 1 aromatic rings. The number of nitrogens with one attached hydrogen (secondary N) is 1. The van der Waals surface area contributed by atoms with Crippen molar-refractivity contribution in [3.63, 3.8) is 0 Å². The molecule has 1 fully saturated rings. The van der Waals surface area contributed by atoms with Gasteiger partial charge < -0.3 is 5.32 Å². The van der Waals surface area contributed by atoms with Crippen LogP contribution in [-0.2, 0) is 0 Å². The third-order valence-electron chi connectivity index (χ3n) is 4.04. The van der Waals surface area contributed by atoms with Gasteiger partial charge in [-0.3, -0.25) is 0 Å². The Balaban J connectivity index is 2.24. The lowest BCUT2D eigenvalue weighted by Gasteiger charge is -2.28. The molecule has 0 spiro atoms. The largest absolute Gasteiger partial charge is 0.315 e. The summed E-state index contributed by atoms with van der Waals surface area (Å²) < 4.78 is 0. The van der Waals surface area contributed by atoms with Crippen LogP contribution in [0.1, 0.15) is 37.8 Å². The van der Waals surface area contributed by atoms with E-state index in [-0.39, 0.29) is 0 Å². The van der Waals surface area contributed by atoms with Crippen LogP contribution < -0.4 is 5.32 Å². The highest BCUT2D eigenvalue weighted by Crippen LogP contribution is 2.25. The number of rotatable bonds is 5. The molecule has 20 heavy (non-hydrogen) atoms. The van der Waals surface area contributed by atoms with Crippen molar-refractivity contribution in [2.75, 3.05) is 13.1 Å². The summed E-state index contributed by atoms with van der Waals surface area (Å²) in [6.45, 7) is 12.7. The molecule has 0 aromatic heterocycles. The molecule has 1 aromatic carbocycles. The van der Waals surface area contributed by atoms with E-state index in [0.717, 1.165) is 13.1 Å². The third-order valence-corrected chi connectivity index (χ3v) is 4.04. The highest BCUT2D eigenvalue weighted by atomic mass is 14.9. The molecule has 0 saturated carbocycles. The van der Waals surface area contributed by atoms with Gasteiger partial charge in [0.1, 0.15) is 0 Å². The number of hydrogen-bond acceptors (Lipinski definition) is 1. The minimum Gasteiger partial charge on any atom is -0.315 e. The van der Waals surface area contributed by atoms with Crippen LogP contribution in [0.25, 0.3) is 5.57 Å². The molecule has 1 heteroatoms. The Morgan fingerprint density at radius 1 is 1.25 bits per heavy atom. The summed E-state index contributed by atoms with van der Waals surface area (Å²) in [5.74, 6) is 1.23. The average Bonchev–Trinajstić information content (AvgIpc) is 2.41. The van der Waals surface area contributed by atoms with Gasteiger partial charge in [0.15, 0.2) is 0 Å². The molecule has 0 bridgehead atoms. The molecular formula is C19H25N. The normalized spacial score (nSPS) is 17.2. The summed E-state index contributed by atoms with van der Waals surface area (Å²) in [5.41, 5.74) is 5.24. The van der Waals surface area contributed by atoms with Crippen LogP contribution in [0.3, 0.4) is 0 Å². The van der Waals surface area contributed by atoms with Crippen molar-refractivity contribution in [2.45, 2.75) is 26.7 Å². The first-order valence-electron chi connectivity index (χ1n) is 7.47. The topological polar surface area (TPSA) is 12.0 Å². The van der Waals surface area contributed by atoms with Crippen LogP contribution in [0.15, 0.2) is 54.6 Å². The lowest BCUT2D eigenvalue weighted by atomic mass is 9.90. The van der Waals surface area contributed by atoms with E-state index in [1.807, 2.05) is 6.08 Å². The Labute approximate surface area is 123 Å². The maximum atomic E-state index is 3.97. The van der Waals surface area contributed by atoms with Crippen molar-refractivity contribution in [3.05, 3.63) is 65.8 Å². The maximum absolute atomic E-state index is 3.97. The zero-order valence-electron chi connectivity index (χ0n) is 12.8. The number of hydrogen-bond donors (Lipinski definition) is 1. The van der Waals surface area contributed by atoms with Crippen LogP contribution in [0, 0.1) is 5.92 Å². The van der Waals surface area contributed by atoms with Crippen molar-refractivity contribution >= 4 is 5.57 Å². The molecule has 0 unspecified atom stereocenters. The van der Waals surface area contributed by atoms with Crippen molar-refractivity contribution < 1.29 is 0 Å². The Hall–Kier alpha value is -1.60. The predicted molar refractivity (Wildman–Crippen MR) is 88.8 cm³/mol. The molecule has 1 aliphatic heterocycles. The van der Waals surface area contributed by atoms with E-state index >= 15 is 0 Å². The van der Waals surface area contributed by atoms with Gasteiger partial charge in [0.05, 0.1) is 0 Å². The van der Waals surface area contributed by atoms with Crippen molar-refractivity contribution in [3.8, 4) is 0 Å². The van der Waals surface area contributed by atoms with E-state index in [2.05, 4.69) is 69.1 Å². The van der Waals surface area contributed by atoms with Crippen molar-refractivity contribution in [1.82, 2.24) is 5.32 Å². The molecule has 0 radical (unpaired) electrons. The standard InChI is InChI=1S/C19H25N/c1-5-15(11-16(6-2)19-12-20-13-19)18-9-7-17(8-10-18)14(3)4/h5-11,14,19-20H,1,12-13H2,2-4H3/b15-11+,16-6+. The lowest BCUT2D eigenvalue weighted by molar-refractivity contribution is 0.405. The summed E-state index contributed by atoms with van der Waals surface area (Å²) >= 11 is 0. The molecule has 1 saturated heterocycles. The number of benzene rings is 1. The smallest absolute Gasteiger partial charge is 0.00855 e. The van der Waals surface area contributed by atoms with Gasteiger partial charge in [0.2, 0.25) is 0 Å². The van der Waals surface area contributed by atoms with Gasteiger partial charge in [-0.25, -0.2) is 0 Å². The molecule has 106 valence electrons. The molecule has 0 amide bonds. The summed E-state index contributed by atoms with van der Waals surface area (Å²) in [6.07, 6.45) is 6.46. The molecule has 1 N–H and O–H groups in total. The van der Waals surface area contributed by atoms with Gasteiger partial charge in [-0.2, -0.15) is 0 Å². The highest BCUT2D eigenvalue weighted by molar-refractivity contribution is 5.75.